The quantitative estimate of drug-likeness (QED) is 0.869. The highest BCUT2D eigenvalue weighted by molar-refractivity contribution is 8.00. The molecule has 3 N–H and O–H groups in total. The summed E-state index contributed by atoms with van der Waals surface area (Å²) in [7, 11) is 0. The van der Waals surface area contributed by atoms with Crippen molar-refractivity contribution in [2.45, 2.75) is 12.2 Å². The number of nitrogens with one attached hydrogen (secondary N) is 1. The van der Waals surface area contributed by atoms with E-state index in [0.717, 1.165) is 6.07 Å². The Bertz CT molecular complexity index is 403. The van der Waals surface area contributed by atoms with E-state index in [4.69, 9.17) is 17.3 Å². The molecule has 1 atom stereocenters. The van der Waals surface area contributed by atoms with Crippen molar-refractivity contribution in [2.75, 3.05) is 17.6 Å². The minimum Gasteiger partial charge on any atom is -0.329 e. The van der Waals surface area contributed by atoms with Gasteiger partial charge in [0.2, 0.25) is 5.91 Å². The average molecular weight is 277 g/mol. The van der Waals surface area contributed by atoms with Gasteiger partial charge in [0.15, 0.2) is 0 Å². The Kier molecular flexibility index (Phi) is 5.74. The summed E-state index contributed by atoms with van der Waals surface area (Å²) in [6, 6.07) is 4.12. The van der Waals surface area contributed by atoms with Gasteiger partial charge in [-0.05, 0) is 18.2 Å². The number of hydrogen-bond donors (Lipinski definition) is 2. The van der Waals surface area contributed by atoms with Gasteiger partial charge in [0.1, 0.15) is 5.82 Å². The van der Waals surface area contributed by atoms with E-state index in [2.05, 4.69) is 5.32 Å². The SMILES string of the molecule is CC(CN)SCC(=O)Nc1ccc(Cl)cc1F. The van der Waals surface area contributed by atoms with Crippen LogP contribution in [0.5, 0.6) is 0 Å². The van der Waals surface area contributed by atoms with E-state index < -0.39 is 5.82 Å². The zero-order chi connectivity index (χ0) is 12.8. The molecule has 17 heavy (non-hydrogen) atoms. The molecule has 0 fully saturated rings. The third kappa shape index (κ3) is 4.93. The highest BCUT2D eigenvalue weighted by Crippen LogP contribution is 2.19. The van der Waals surface area contributed by atoms with Gasteiger partial charge in [-0.3, -0.25) is 4.79 Å². The van der Waals surface area contributed by atoms with E-state index >= 15 is 0 Å². The van der Waals surface area contributed by atoms with Crippen LogP contribution < -0.4 is 11.1 Å². The standard InChI is InChI=1S/C11H14ClFN2OS/c1-7(5-14)17-6-11(16)15-10-3-2-8(12)4-9(10)13/h2-4,7H,5-6,14H2,1H3,(H,15,16). The monoisotopic (exact) mass is 276 g/mol. The summed E-state index contributed by atoms with van der Waals surface area (Å²) in [5.41, 5.74) is 5.56. The lowest BCUT2D eigenvalue weighted by molar-refractivity contribution is -0.113. The summed E-state index contributed by atoms with van der Waals surface area (Å²) in [6.07, 6.45) is 0. The number of thioether (sulfide) groups is 1. The highest BCUT2D eigenvalue weighted by Gasteiger charge is 2.09. The summed E-state index contributed by atoms with van der Waals surface area (Å²) in [6.45, 7) is 2.44. The first kappa shape index (κ1) is 14.3. The number of hydrogen-bond acceptors (Lipinski definition) is 3. The van der Waals surface area contributed by atoms with Crippen molar-refractivity contribution in [1.82, 2.24) is 0 Å². The number of anilines is 1. The molecule has 0 aliphatic heterocycles. The van der Waals surface area contributed by atoms with Crippen LogP contribution in [0.2, 0.25) is 5.02 Å². The second kappa shape index (κ2) is 6.83. The third-order valence-corrected chi connectivity index (χ3v) is 3.46. The van der Waals surface area contributed by atoms with Crippen LogP contribution in [0.15, 0.2) is 18.2 Å². The molecule has 1 aromatic carbocycles. The molecule has 1 amide bonds. The molecule has 0 heterocycles. The molecule has 1 unspecified atom stereocenters. The Morgan fingerprint density at radius 2 is 2.35 bits per heavy atom. The maximum atomic E-state index is 13.3. The maximum Gasteiger partial charge on any atom is 0.234 e. The molecule has 1 aromatic rings. The molecule has 1 rings (SSSR count). The van der Waals surface area contributed by atoms with Crippen LogP contribution in [0.25, 0.3) is 0 Å². The van der Waals surface area contributed by atoms with Crippen molar-refractivity contribution in [3.63, 3.8) is 0 Å². The van der Waals surface area contributed by atoms with Crippen LogP contribution in [-0.4, -0.2) is 23.5 Å². The van der Waals surface area contributed by atoms with Gasteiger partial charge in [0.05, 0.1) is 11.4 Å². The van der Waals surface area contributed by atoms with Crippen molar-refractivity contribution in [3.8, 4) is 0 Å². The molecule has 0 saturated carbocycles. The number of nitrogens with two attached hydrogens (primary N) is 1. The van der Waals surface area contributed by atoms with Gasteiger partial charge in [-0.25, -0.2) is 4.39 Å². The second-order valence-electron chi connectivity index (χ2n) is 3.53. The largest absolute Gasteiger partial charge is 0.329 e. The summed E-state index contributed by atoms with van der Waals surface area (Å²) in [4.78, 5) is 11.5. The van der Waals surface area contributed by atoms with E-state index in [0.29, 0.717) is 11.6 Å². The average Bonchev–Trinajstić information content (AvgIpc) is 2.29. The lowest BCUT2D eigenvalue weighted by Crippen LogP contribution is -2.19. The number of rotatable bonds is 5. The maximum absolute atomic E-state index is 13.3. The number of carbonyl (C=O) groups excluding carboxylic acids is 1. The van der Waals surface area contributed by atoms with E-state index in [9.17, 15) is 9.18 Å². The fourth-order valence-electron chi connectivity index (χ4n) is 1.06. The first-order chi connectivity index (χ1) is 8.02. The summed E-state index contributed by atoms with van der Waals surface area (Å²) in [5.74, 6) is -0.542. The predicted molar refractivity (Wildman–Crippen MR) is 71.0 cm³/mol. The Hall–Kier alpha value is -0.780. The van der Waals surface area contributed by atoms with Crippen molar-refractivity contribution >= 4 is 35.0 Å². The molecule has 3 nitrogen and oxygen atoms in total. The van der Waals surface area contributed by atoms with Gasteiger partial charge in [0.25, 0.3) is 0 Å². The van der Waals surface area contributed by atoms with E-state index in [-0.39, 0.29) is 22.6 Å². The molecule has 6 heteroatoms. The van der Waals surface area contributed by atoms with Gasteiger partial charge < -0.3 is 11.1 Å². The van der Waals surface area contributed by atoms with Crippen LogP contribution in [0.4, 0.5) is 10.1 Å². The molecule has 0 saturated heterocycles. The van der Waals surface area contributed by atoms with Crippen molar-refractivity contribution in [2.24, 2.45) is 5.73 Å². The van der Waals surface area contributed by atoms with E-state index in [1.165, 1.54) is 23.9 Å². The van der Waals surface area contributed by atoms with E-state index in [1.54, 1.807) is 0 Å². The van der Waals surface area contributed by atoms with Crippen LogP contribution in [0, 0.1) is 5.82 Å². The molecular formula is C11H14ClFN2OS. The molecule has 0 spiro atoms. The molecule has 94 valence electrons. The van der Waals surface area contributed by atoms with Crippen molar-refractivity contribution in [3.05, 3.63) is 29.0 Å². The van der Waals surface area contributed by atoms with Crippen LogP contribution in [0.1, 0.15) is 6.92 Å². The normalized spacial score (nSPS) is 12.2. The Labute approximate surface area is 109 Å². The molecule has 0 aromatic heterocycles. The third-order valence-electron chi connectivity index (χ3n) is 2.04. The van der Waals surface area contributed by atoms with Crippen molar-refractivity contribution < 1.29 is 9.18 Å². The van der Waals surface area contributed by atoms with Gasteiger partial charge >= 0.3 is 0 Å². The summed E-state index contributed by atoms with van der Waals surface area (Å²) in [5, 5.41) is 2.98. The fraction of sp³-hybridized carbons (Fsp3) is 0.364. The summed E-state index contributed by atoms with van der Waals surface area (Å²) < 4.78 is 13.3. The highest BCUT2D eigenvalue weighted by atomic mass is 35.5. The first-order valence-electron chi connectivity index (χ1n) is 5.09. The molecule has 0 aliphatic rings. The van der Waals surface area contributed by atoms with Crippen LogP contribution in [0.3, 0.4) is 0 Å². The lowest BCUT2D eigenvalue weighted by atomic mass is 10.3. The second-order valence-corrected chi connectivity index (χ2v) is 5.39. The minimum atomic E-state index is -0.539. The molecule has 0 bridgehead atoms. The first-order valence-corrected chi connectivity index (χ1v) is 6.52. The van der Waals surface area contributed by atoms with E-state index in [1.807, 2.05) is 6.92 Å². The number of amides is 1. The van der Waals surface area contributed by atoms with Crippen LogP contribution in [-0.2, 0) is 4.79 Å². The predicted octanol–water partition coefficient (Wildman–Crippen LogP) is 2.50. The molecular weight excluding hydrogens is 263 g/mol. The zero-order valence-corrected chi connectivity index (χ0v) is 10.9. The topological polar surface area (TPSA) is 55.1 Å². The van der Waals surface area contributed by atoms with Gasteiger partial charge in [-0.1, -0.05) is 18.5 Å². The van der Waals surface area contributed by atoms with Crippen LogP contribution >= 0.6 is 23.4 Å². The molecule has 0 aliphatic carbocycles. The van der Waals surface area contributed by atoms with Gasteiger partial charge in [-0.15, -0.1) is 11.8 Å². The Morgan fingerprint density at radius 1 is 1.65 bits per heavy atom. The minimum absolute atomic E-state index is 0.139. The smallest absolute Gasteiger partial charge is 0.234 e. The summed E-state index contributed by atoms with van der Waals surface area (Å²) >= 11 is 7.03. The number of halogens is 2. The van der Waals surface area contributed by atoms with Crippen molar-refractivity contribution in [1.29, 1.82) is 0 Å². The Balaban J connectivity index is 2.50. The lowest BCUT2D eigenvalue weighted by Gasteiger charge is -2.09. The Morgan fingerprint density at radius 3 is 2.94 bits per heavy atom. The van der Waals surface area contributed by atoms with Gasteiger partial charge in [0, 0.05) is 16.8 Å². The van der Waals surface area contributed by atoms with Gasteiger partial charge in [-0.2, -0.15) is 0 Å². The number of carbonyl (C=O) groups is 1. The molecule has 0 radical (unpaired) electrons. The zero-order valence-electron chi connectivity index (χ0n) is 9.37. The fourth-order valence-corrected chi connectivity index (χ4v) is 1.87. The number of benzene rings is 1.